The van der Waals surface area contributed by atoms with Crippen molar-refractivity contribution in [3.05, 3.63) is 121 Å². The Kier molecular flexibility index (Phi) is 9.02. The molecule has 0 spiro atoms. The predicted molar refractivity (Wildman–Crippen MR) is 166 cm³/mol. The molecule has 7 N–H and O–H groups in total. The molecule has 2 unspecified atom stereocenters. The van der Waals surface area contributed by atoms with E-state index in [1.54, 1.807) is 24.3 Å². The van der Waals surface area contributed by atoms with Crippen LogP contribution in [0.15, 0.2) is 105 Å². The number of hydrogen-bond donors (Lipinski definition) is 6. The lowest BCUT2D eigenvalue weighted by Gasteiger charge is -2.37. The number of aliphatic hydroxyl groups is 1. The minimum Gasteiger partial charge on any atom is -0.508 e. The summed E-state index contributed by atoms with van der Waals surface area (Å²) in [6, 6.07) is 18.3. The summed E-state index contributed by atoms with van der Waals surface area (Å²) in [6.45, 7) is 2.88. The van der Waals surface area contributed by atoms with Crippen LogP contribution < -0.4 is 22.2 Å². The van der Waals surface area contributed by atoms with Gasteiger partial charge in [-0.3, -0.25) is 9.59 Å². The number of nitrogens with one attached hydrogen (secondary N) is 3. The highest BCUT2D eigenvalue weighted by atomic mass is 79.9. The smallest absolute Gasteiger partial charge is 0.423 e. The number of H-pyrrole nitrogens is 2. The summed E-state index contributed by atoms with van der Waals surface area (Å²) in [5, 5.41) is 25.5. The Labute approximate surface area is 251 Å². The van der Waals surface area contributed by atoms with Crippen LogP contribution in [0.5, 0.6) is 5.75 Å². The first kappa shape index (κ1) is 31.4. The second-order valence-electron chi connectivity index (χ2n) is 10.0. The van der Waals surface area contributed by atoms with E-state index in [4.69, 9.17) is 5.73 Å². The first-order valence-electron chi connectivity index (χ1n) is 12.9. The molecule has 0 amide bonds. The zero-order valence-corrected chi connectivity index (χ0v) is 24.5. The second kappa shape index (κ2) is 12.4. The molecule has 0 fully saturated rings. The van der Waals surface area contributed by atoms with Gasteiger partial charge in [0.2, 0.25) is 16.7 Å². The highest BCUT2D eigenvalue weighted by Gasteiger charge is 2.58. The van der Waals surface area contributed by atoms with Crippen molar-refractivity contribution in [2.45, 2.75) is 31.7 Å². The van der Waals surface area contributed by atoms with Gasteiger partial charge < -0.3 is 31.2 Å². The lowest BCUT2D eigenvalue weighted by molar-refractivity contribution is -0.246. The van der Waals surface area contributed by atoms with E-state index in [1.165, 1.54) is 56.3 Å². The molecular weight excluding hydrogens is 629 g/mol. The van der Waals surface area contributed by atoms with E-state index in [1.807, 2.05) is 12.1 Å². The van der Waals surface area contributed by atoms with Gasteiger partial charge in [-0.05, 0) is 68.5 Å². The number of pyridine rings is 2. The van der Waals surface area contributed by atoms with Crippen molar-refractivity contribution in [3.63, 3.8) is 0 Å². The summed E-state index contributed by atoms with van der Waals surface area (Å²) in [4.78, 5) is 27.8. The molecule has 0 aliphatic carbocycles. The topological polar surface area (TPSA) is 144 Å². The van der Waals surface area contributed by atoms with Crippen LogP contribution in [-0.2, 0) is 0 Å². The number of rotatable bonds is 5. The number of fused-ring (bicyclic) bond motifs is 2. The van der Waals surface area contributed by atoms with E-state index in [0.29, 0.717) is 21.1 Å². The predicted octanol–water partition coefficient (Wildman–Crippen LogP) is 6.52. The molecule has 43 heavy (non-hydrogen) atoms. The summed E-state index contributed by atoms with van der Waals surface area (Å²) in [6.07, 6.45) is -4.35. The fourth-order valence-corrected chi connectivity index (χ4v) is 4.98. The van der Waals surface area contributed by atoms with Gasteiger partial charge in [-0.2, -0.15) is 13.2 Å². The average molecular weight is 657 g/mol. The van der Waals surface area contributed by atoms with Gasteiger partial charge in [-0.15, -0.1) is 0 Å². The molecule has 12 heteroatoms. The summed E-state index contributed by atoms with van der Waals surface area (Å²) in [7, 11) is 0. The molecule has 0 saturated heterocycles. The molecule has 224 valence electrons. The number of allylic oxidation sites excluding steroid dienone is 1. The van der Waals surface area contributed by atoms with Gasteiger partial charge in [0.25, 0.3) is 0 Å². The Hall–Kier alpha value is -4.55. The highest BCUT2D eigenvalue weighted by Crippen LogP contribution is 2.46. The molecule has 8 nitrogen and oxygen atoms in total. The van der Waals surface area contributed by atoms with E-state index in [0.717, 1.165) is 17.0 Å². The SMILES string of the molecule is CC(C)=CC(O)(C(Nc1cccc2[nH]c(=O)ccc12)c1ccc(Br)cc1O)C(F)(F)F.Nc1cccc2[nH]c(=O)ccc12. The van der Waals surface area contributed by atoms with Gasteiger partial charge in [-0.1, -0.05) is 39.7 Å². The molecule has 5 rings (SSSR count). The van der Waals surface area contributed by atoms with E-state index < -0.39 is 23.6 Å². The quantitative estimate of drug-likeness (QED) is 0.0939. The fourth-order valence-electron chi connectivity index (χ4n) is 4.63. The van der Waals surface area contributed by atoms with Crippen LogP contribution in [0.2, 0.25) is 0 Å². The van der Waals surface area contributed by atoms with Gasteiger partial charge in [0.15, 0.2) is 0 Å². The monoisotopic (exact) mass is 656 g/mol. The fraction of sp³-hybridized carbons (Fsp3) is 0.161. The van der Waals surface area contributed by atoms with Crippen LogP contribution in [-0.4, -0.2) is 32.0 Å². The van der Waals surface area contributed by atoms with Gasteiger partial charge in [0.05, 0.1) is 17.1 Å². The Morgan fingerprint density at radius 3 is 2.07 bits per heavy atom. The molecule has 5 aromatic rings. The molecule has 2 atom stereocenters. The lowest BCUT2D eigenvalue weighted by atomic mass is 9.85. The van der Waals surface area contributed by atoms with Crippen molar-refractivity contribution in [1.82, 2.24) is 9.97 Å². The number of phenolic OH excluding ortho intramolecular Hbond substituents is 1. The first-order valence-corrected chi connectivity index (χ1v) is 13.7. The van der Waals surface area contributed by atoms with Crippen molar-refractivity contribution in [3.8, 4) is 5.75 Å². The van der Waals surface area contributed by atoms with Crippen molar-refractivity contribution in [2.24, 2.45) is 0 Å². The van der Waals surface area contributed by atoms with Crippen LogP contribution in [0.25, 0.3) is 21.8 Å². The molecule has 0 aliphatic rings. The number of nitrogens with two attached hydrogens (primary N) is 1. The number of hydrogen-bond acceptors (Lipinski definition) is 6. The van der Waals surface area contributed by atoms with Crippen molar-refractivity contribution in [2.75, 3.05) is 11.1 Å². The Balaban J connectivity index is 0.000000292. The van der Waals surface area contributed by atoms with Crippen molar-refractivity contribution in [1.29, 1.82) is 0 Å². The van der Waals surface area contributed by atoms with E-state index >= 15 is 0 Å². The van der Waals surface area contributed by atoms with Crippen LogP contribution in [0, 0.1) is 0 Å². The standard InChI is InChI=1S/C22H20BrF3N2O3.C9H8N2O/c1-12(2)11-21(31,22(24,25)26)20(15-7-6-13(23)10-18(15)29)28-17-5-3-4-16-14(17)8-9-19(30)27-16;10-7-2-1-3-8-6(7)4-5-9(12)11-8/h3-11,20,28-29,31H,1-2H3,(H,27,30);1-5H,10H2,(H,11,12). The maximum atomic E-state index is 14.2. The number of halogens is 4. The van der Waals surface area contributed by atoms with Gasteiger partial charge in [-0.25, -0.2) is 0 Å². The summed E-state index contributed by atoms with van der Waals surface area (Å²) in [5.74, 6) is -0.426. The van der Waals surface area contributed by atoms with Crippen molar-refractivity contribution >= 4 is 49.1 Å². The van der Waals surface area contributed by atoms with Crippen LogP contribution in [0.3, 0.4) is 0 Å². The highest BCUT2D eigenvalue weighted by molar-refractivity contribution is 9.10. The summed E-state index contributed by atoms with van der Waals surface area (Å²) < 4.78 is 43.1. The molecule has 2 aromatic heterocycles. The maximum Gasteiger partial charge on any atom is 0.423 e. The first-order chi connectivity index (χ1) is 20.2. The minimum atomic E-state index is -5.07. The normalized spacial score (nSPS) is 13.5. The van der Waals surface area contributed by atoms with E-state index in [2.05, 4.69) is 31.2 Å². The molecule has 3 aromatic carbocycles. The molecule has 0 saturated carbocycles. The second-order valence-corrected chi connectivity index (χ2v) is 11.0. The van der Waals surface area contributed by atoms with E-state index in [-0.39, 0.29) is 27.9 Å². The number of aromatic nitrogens is 2. The molecule has 0 radical (unpaired) electrons. The largest absolute Gasteiger partial charge is 0.508 e. The minimum absolute atomic E-state index is 0.104. The average Bonchev–Trinajstić information content (AvgIpc) is 2.91. The number of aromatic amines is 2. The maximum absolute atomic E-state index is 14.2. The third-order valence-corrected chi connectivity index (χ3v) is 7.06. The number of benzene rings is 3. The molecular formula is C31H28BrF3N4O4. The third kappa shape index (κ3) is 6.92. The molecule has 2 heterocycles. The Bertz CT molecular complexity index is 1930. The van der Waals surface area contributed by atoms with Crippen molar-refractivity contribution < 1.29 is 23.4 Å². The Morgan fingerprint density at radius 1 is 0.907 bits per heavy atom. The number of anilines is 2. The third-order valence-electron chi connectivity index (χ3n) is 6.57. The zero-order chi connectivity index (χ0) is 31.5. The molecule has 0 aliphatic heterocycles. The number of nitrogen functional groups attached to an aromatic ring is 1. The molecule has 0 bridgehead atoms. The number of aromatic hydroxyl groups is 1. The van der Waals surface area contributed by atoms with Gasteiger partial charge in [0, 0.05) is 44.3 Å². The number of phenols is 1. The zero-order valence-electron chi connectivity index (χ0n) is 23.0. The van der Waals surface area contributed by atoms with Gasteiger partial charge in [0.1, 0.15) is 5.75 Å². The summed E-state index contributed by atoms with van der Waals surface area (Å²) >= 11 is 3.17. The van der Waals surface area contributed by atoms with Gasteiger partial charge >= 0.3 is 6.18 Å². The van der Waals surface area contributed by atoms with Crippen LogP contribution >= 0.6 is 15.9 Å². The summed E-state index contributed by atoms with van der Waals surface area (Å²) in [5.41, 5.74) is 4.08. The lowest BCUT2D eigenvalue weighted by Crippen LogP contribution is -2.51. The van der Waals surface area contributed by atoms with E-state index in [9.17, 15) is 33.0 Å². The van der Waals surface area contributed by atoms with Crippen LogP contribution in [0.4, 0.5) is 24.5 Å². The van der Waals surface area contributed by atoms with Crippen LogP contribution in [0.1, 0.15) is 25.5 Å². The Morgan fingerprint density at radius 2 is 1.49 bits per heavy atom. The number of alkyl halides is 3.